The molecular formula is C14H15ClN2O4. The van der Waals surface area contributed by atoms with Gasteiger partial charge < -0.3 is 14.2 Å². The van der Waals surface area contributed by atoms with Crippen LogP contribution in [0.15, 0.2) is 12.1 Å². The molecule has 2 fully saturated rings. The van der Waals surface area contributed by atoms with Crippen molar-refractivity contribution in [1.29, 1.82) is 0 Å². The van der Waals surface area contributed by atoms with Crippen molar-refractivity contribution in [3.8, 4) is 11.5 Å². The van der Waals surface area contributed by atoms with Gasteiger partial charge in [0, 0.05) is 37.3 Å². The highest BCUT2D eigenvalue weighted by molar-refractivity contribution is 6.31. The molecule has 0 saturated carbocycles. The number of cyclic esters (lactones) is 1. The van der Waals surface area contributed by atoms with Crippen molar-refractivity contribution in [2.75, 3.05) is 33.0 Å². The number of hydrogen-bond donors (Lipinski definition) is 0. The van der Waals surface area contributed by atoms with E-state index in [2.05, 4.69) is 4.90 Å². The molecule has 0 spiro atoms. The van der Waals surface area contributed by atoms with E-state index < -0.39 is 0 Å². The molecule has 1 amide bonds. The largest absolute Gasteiger partial charge is 0.454 e. The summed E-state index contributed by atoms with van der Waals surface area (Å²) >= 11 is 6.31. The van der Waals surface area contributed by atoms with Gasteiger partial charge in [-0.1, -0.05) is 11.6 Å². The van der Waals surface area contributed by atoms with Gasteiger partial charge in [0.15, 0.2) is 11.5 Å². The molecule has 6 nitrogen and oxygen atoms in total. The predicted octanol–water partition coefficient (Wildman–Crippen LogP) is 1.71. The maximum atomic E-state index is 11.5. The molecule has 21 heavy (non-hydrogen) atoms. The maximum absolute atomic E-state index is 11.5. The Morgan fingerprint density at radius 2 is 2.00 bits per heavy atom. The summed E-state index contributed by atoms with van der Waals surface area (Å²) in [6.45, 7) is 3.77. The Labute approximate surface area is 127 Å². The molecule has 4 rings (SSSR count). The summed E-state index contributed by atoms with van der Waals surface area (Å²) in [6.07, 6.45) is -0.194. The van der Waals surface area contributed by atoms with E-state index in [9.17, 15) is 4.79 Å². The third-order valence-corrected chi connectivity index (χ3v) is 4.49. The molecule has 2 saturated heterocycles. The molecule has 0 aliphatic carbocycles. The molecule has 1 aromatic rings. The zero-order valence-corrected chi connectivity index (χ0v) is 12.1. The number of rotatable bonds is 2. The number of nitrogens with zero attached hydrogens (tertiary/aromatic N) is 2. The van der Waals surface area contributed by atoms with E-state index in [0.717, 1.165) is 30.9 Å². The van der Waals surface area contributed by atoms with Gasteiger partial charge in [-0.05, 0) is 11.6 Å². The second-order valence-corrected chi connectivity index (χ2v) is 5.86. The van der Waals surface area contributed by atoms with Crippen molar-refractivity contribution in [2.24, 2.45) is 0 Å². The van der Waals surface area contributed by atoms with E-state index >= 15 is 0 Å². The highest BCUT2D eigenvalue weighted by Gasteiger charge is 2.37. The van der Waals surface area contributed by atoms with Crippen molar-refractivity contribution in [1.82, 2.24) is 9.80 Å². The minimum absolute atomic E-state index is 0.152. The lowest BCUT2D eigenvalue weighted by molar-refractivity contribution is 0.115. The summed E-state index contributed by atoms with van der Waals surface area (Å²) in [4.78, 5) is 15.6. The first-order chi connectivity index (χ1) is 10.2. The van der Waals surface area contributed by atoms with Crippen LogP contribution >= 0.6 is 11.6 Å². The fraction of sp³-hybridized carbons (Fsp3) is 0.500. The Morgan fingerprint density at radius 3 is 2.86 bits per heavy atom. The Balaban J connectivity index is 1.48. The van der Waals surface area contributed by atoms with Gasteiger partial charge in [0.1, 0.15) is 6.61 Å². The van der Waals surface area contributed by atoms with Crippen LogP contribution in [0, 0.1) is 0 Å². The quantitative estimate of drug-likeness (QED) is 0.832. The third kappa shape index (κ3) is 2.28. The highest BCUT2D eigenvalue weighted by Crippen LogP contribution is 2.37. The Kier molecular flexibility index (Phi) is 3.08. The molecule has 3 aliphatic rings. The second-order valence-electron chi connectivity index (χ2n) is 5.46. The maximum Gasteiger partial charge on any atom is 0.410 e. The lowest BCUT2D eigenvalue weighted by atomic mass is 10.1. The molecule has 0 radical (unpaired) electrons. The van der Waals surface area contributed by atoms with Crippen LogP contribution < -0.4 is 9.47 Å². The summed E-state index contributed by atoms with van der Waals surface area (Å²) in [5.74, 6) is 1.44. The zero-order chi connectivity index (χ0) is 14.4. The standard InChI is InChI=1S/C14H15ClN2O4/c15-11-4-13-12(20-8-21-13)3-9(11)5-16-1-2-17-10(6-16)7-19-14(17)18/h3-4,10H,1-2,5-8H2. The fourth-order valence-corrected chi connectivity index (χ4v) is 3.23. The van der Waals surface area contributed by atoms with E-state index in [1.807, 2.05) is 6.07 Å². The van der Waals surface area contributed by atoms with Crippen molar-refractivity contribution >= 4 is 17.7 Å². The summed E-state index contributed by atoms with van der Waals surface area (Å²) < 4.78 is 15.8. The zero-order valence-electron chi connectivity index (χ0n) is 11.4. The van der Waals surface area contributed by atoms with E-state index in [-0.39, 0.29) is 18.9 Å². The van der Waals surface area contributed by atoms with Crippen LogP contribution in [0.4, 0.5) is 4.79 Å². The number of ether oxygens (including phenoxy) is 3. The topological polar surface area (TPSA) is 51.2 Å². The molecular weight excluding hydrogens is 296 g/mol. The third-order valence-electron chi connectivity index (χ3n) is 4.14. The molecule has 3 aliphatic heterocycles. The molecule has 0 aromatic heterocycles. The summed E-state index contributed by atoms with van der Waals surface area (Å²) in [7, 11) is 0. The van der Waals surface area contributed by atoms with Gasteiger partial charge in [0.05, 0.1) is 6.04 Å². The molecule has 1 atom stereocenters. The van der Waals surface area contributed by atoms with E-state index in [1.165, 1.54) is 0 Å². The van der Waals surface area contributed by atoms with Crippen LogP contribution in [0.1, 0.15) is 5.56 Å². The molecule has 112 valence electrons. The minimum Gasteiger partial charge on any atom is -0.454 e. The number of amides is 1. The predicted molar refractivity (Wildman–Crippen MR) is 74.7 cm³/mol. The van der Waals surface area contributed by atoms with Crippen LogP contribution in [-0.2, 0) is 11.3 Å². The SMILES string of the molecule is O=C1OCC2CN(Cc3cc4c(cc3Cl)OCO4)CCN12. The molecule has 1 unspecified atom stereocenters. The van der Waals surface area contributed by atoms with Gasteiger partial charge in [-0.2, -0.15) is 0 Å². The first-order valence-corrected chi connectivity index (χ1v) is 7.32. The van der Waals surface area contributed by atoms with E-state index in [4.69, 9.17) is 25.8 Å². The molecule has 0 bridgehead atoms. The molecule has 7 heteroatoms. The van der Waals surface area contributed by atoms with Gasteiger partial charge >= 0.3 is 6.09 Å². The molecule has 1 aromatic carbocycles. The van der Waals surface area contributed by atoms with Crippen LogP contribution in [0.2, 0.25) is 5.02 Å². The first kappa shape index (κ1) is 13.0. The van der Waals surface area contributed by atoms with E-state index in [1.54, 1.807) is 11.0 Å². The second kappa shape index (κ2) is 4.96. The van der Waals surface area contributed by atoms with Gasteiger partial charge in [0.2, 0.25) is 6.79 Å². The fourth-order valence-electron chi connectivity index (χ4n) is 3.02. The van der Waals surface area contributed by atoms with Crippen molar-refractivity contribution in [3.63, 3.8) is 0 Å². The smallest absolute Gasteiger partial charge is 0.410 e. The Morgan fingerprint density at radius 1 is 1.19 bits per heavy atom. The van der Waals surface area contributed by atoms with Gasteiger partial charge in [-0.25, -0.2) is 4.79 Å². The summed E-state index contributed by atoms with van der Waals surface area (Å²) in [6, 6.07) is 3.89. The van der Waals surface area contributed by atoms with E-state index in [0.29, 0.717) is 23.9 Å². The normalized spacial score (nSPS) is 24.1. The molecule has 3 heterocycles. The summed E-state index contributed by atoms with van der Waals surface area (Å²) in [5.41, 5.74) is 1.01. The number of carbonyl (C=O) groups excluding carboxylic acids is 1. The minimum atomic E-state index is -0.194. The number of carbonyl (C=O) groups is 1. The lowest BCUT2D eigenvalue weighted by Gasteiger charge is -2.35. The number of fused-ring (bicyclic) bond motifs is 2. The van der Waals surface area contributed by atoms with Crippen LogP contribution in [0.3, 0.4) is 0 Å². The Bertz CT molecular complexity index is 595. The first-order valence-electron chi connectivity index (χ1n) is 6.94. The number of hydrogen-bond acceptors (Lipinski definition) is 5. The van der Waals surface area contributed by atoms with Crippen molar-refractivity contribution in [2.45, 2.75) is 12.6 Å². The van der Waals surface area contributed by atoms with Crippen LogP contribution in [0.5, 0.6) is 11.5 Å². The summed E-state index contributed by atoms with van der Waals surface area (Å²) in [5, 5.41) is 0.681. The van der Waals surface area contributed by atoms with Crippen LogP contribution in [0.25, 0.3) is 0 Å². The number of piperazine rings is 1. The lowest BCUT2D eigenvalue weighted by Crippen LogP contribution is -2.51. The van der Waals surface area contributed by atoms with Gasteiger partial charge in [-0.15, -0.1) is 0 Å². The van der Waals surface area contributed by atoms with Crippen LogP contribution in [-0.4, -0.2) is 55.0 Å². The number of halogens is 1. The highest BCUT2D eigenvalue weighted by atomic mass is 35.5. The average Bonchev–Trinajstić information content (AvgIpc) is 3.06. The van der Waals surface area contributed by atoms with Crippen molar-refractivity contribution in [3.05, 3.63) is 22.7 Å². The van der Waals surface area contributed by atoms with Gasteiger partial charge in [0.25, 0.3) is 0 Å². The van der Waals surface area contributed by atoms with Crippen molar-refractivity contribution < 1.29 is 19.0 Å². The average molecular weight is 311 g/mol. The molecule has 0 N–H and O–H groups in total. The van der Waals surface area contributed by atoms with Gasteiger partial charge in [-0.3, -0.25) is 9.80 Å². The Hall–Kier alpha value is -1.66. The number of benzene rings is 1. The monoisotopic (exact) mass is 310 g/mol.